The van der Waals surface area contributed by atoms with Gasteiger partial charge in [-0.25, -0.2) is 0 Å². The third kappa shape index (κ3) is 7.34. The minimum Gasteiger partial charge on any atom is -0.254 e. The normalized spacial score (nSPS) is 11.8. The Kier molecular flexibility index (Phi) is 10.6. The Hall–Kier alpha value is -10.5. The Morgan fingerprint density at radius 3 is 0.525 bits per heavy atom. The third-order valence-electron chi connectivity index (χ3n) is 16.7. The van der Waals surface area contributed by atoms with Gasteiger partial charge >= 0.3 is 0 Å². The Labute approximate surface area is 463 Å². The van der Waals surface area contributed by atoms with Gasteiger partial charge in [-0.2, -0.15) is 0 Å². The first-order valence-corrected chi connectivity index (χ1v) is 27.5. The van der Waals surface area contributed by atoms with E-state index in [1.54, 1.807) is 0 Å². The van der Waals surface area contributed by atoms with Gasteiger partial charge in [0.1, 0.15) is 0 Å². The Morgan fingerprint density at radius 2 is 0.350 bits per heavy atom. The van der Waals surface area contributed by atoms with Gasteiger partial charge in [0.05, 0.1) is 11.4 Å². The van der Waals surface area contributed by atoms with Crippen LogP contribution < -0.4 is 0 Å². The second-order valence-corrected chi connectivity index (χ2v) is 21.1. The molecular formula is C78H48N2. The number of nitrogens with zero attached hydrogens (tertiary/aromatic N) is 2. The highest BCUT2D eigenvalue weighted by Gasteiger charge is 2.24. The van der Waals surface area contributed by atoms with Gasteiger partial charge < -0.3 is 0 Å². The molecule has 2 nitrogen and oxygen atoms in total. The quantitative estimate of drug-likeness (QED) is 0.135. The lowest BCUT2D eigenvalue weighted by molar-refractivity contribution is 1.25. The Morgan fingerprint density at radius 1 is 0.163 bits per heavy atom. The monoisotopic (exact) mass is 1010 g/mol. The van der Waals surface area contributed by atoms with Crippen LogP contribution in [0.2, 0.25) is 0 Å². The molecule has 0 saturated carbocycles. The summed E-state index contributed by atoms with van der Waals surface area (Å²) in [4.78, 5) is 10.4. The van der Waals surface area contributed by atoms with Gasteiger partial charge in [-0.05, 0) is 179 Å². The maximum Gasteiger partial charge on any atom is 0.0886 e. The van der Waals surface area contributed by atoms with Crippen LogP contribution in [0.15, 0.2) is 291 Å². The first-order chi connectivity index (χ1) is 39.7. The van der Waals surface area contributed by atoms with E-state index in [9.17, 15) is 0 Å². The largest absolute Gasteiger partial charge is 0.254 e. The molecule has 0 amide bonds. The first kappa shape index (κ1) is 45.6. The fourth-order valence-corrected chi connectivity index (χ4v) is 13.0. The van der Waals surface area contributed by atoms with E-state index in [-0.39, 0.29) is 0 Å². The molecule has 0 radical (unpaired) electrons. The summed E-state index contributed by atoms with van der Waals surface area (Å²) in [5.41, 5.74) is 20.6. The van der Waals surface area contributed by atoms with E-state index in [2.05, 4.69) is 279 Å². The maximum atomic E-state index is 5.21. The number of benzene rings is 14. The highest BCUT2D eigenvalue weighted by atomic mass is 14.8. The lowest BCUT2D eigenvalue weighted by Gasteiger charge is -2.21. The zero-order valence-electron chi connectivity index (χ0n) is 43.6. The molecule has 2 aromatic heterocycles. The molecule has 16 aromatic rings. The smallest absolute Gasteiger partial charge is 0.0886 e. The van der Waals surface area contributed by atoms with Crippen LogP contribution in [0.25, 0.3) is 165 Å². The Balaban J connectivity index is 0.844. The molecular weight excluding hydrogens is 965 g/mol. The van der Waals surface area contributed by atoms with E-state index in [4.69, 9.17) is 9.97 Å². The summed E-state index contributed by atoms with van der Waals surface area (Å²) in [6.45, 7) is 0. The molecule has 0 aliphatic carbocycles. The number of hydrogen-bond donors (Lipinski definition) is 0. The number of hydrogen-bond acceptors (Lipinski definition) is 2. The van der Waals surface area contributed by atoms with E-state index in [1.807, 2.05) is 12.4 Å². The van der Waals surface area contributed by atoms with Crippen molar-refractivity contribution in [2.75, 3.05) is 0 Å². The lowest BCUT2D eigenvalue weighted by Crippen LogP contribution is -1.95. The van der Waals surface area contributed by atoms with E-state index in [0.29, 0.717) is 0 Å². The SMILES string of the molecule is c1ccc(-c2cc(-c3ccccc3)c3ccc4c(-c5ccc(-c6ccc(-c7cc(-c8ccccc8)c8ccc9c(-c%10ccccc%10)cc(-c%10ccccc%10)c%10ccc7c8c9%10)cn6)nc5)cc(-c5ccccc5)c5ccc2c3c54)cc1. The summed E-state index contributed by atoms with van der Waals surface area (Å²) < 4.78 is 0. The van der Waals surface area contributed by atoms with Crippen LogP contribution in [0.3, 0.4) is 0 Å². The molecule has 2 heteroatoms. The molecule has 0 aliphatic rings. The summed E-state index contributed by atoms with van der Waals surface area (Å²) in [5, 5.41) is 15.0. The third-order valence-corrected chi connectivity index (χ3v) is 16.7. The zero-order chi connectivity index (χ0) is 52.7. The van der Waals surface area contributed by atoms with Crippen molar-refractivity contribution in [1.82, 2.24) is 9.97 Å². The van der Waals surface area contributed by atoms with Gasteiger partial charge in [-0.1, -0.05) is 243 Å². The molecule has 0 saturated heterocycles. The van der Waals surface area contributed by atoms with Gasteiger partial charge in [0.15, 0.2) is 0 Å². The lowest BCUT2D eigenvalue weighted by atomic mass is 9.82. The fourth-order valence-electron chi connectivity index (χ4n) is 13.0. The molecule has 80 heavy (non-hydrogen) atoms. The van der Waals surface area contributed by atoms with Crippen molar-refractivity contribution in [2.24, 2.45) is 0 Å². The van der Waals surface area contributed by atoms with Crippen molar-refractivity contribution in [1.29, 1.82) is 0 Å². The minimum absolute atomic E-state index is 0.823. The molecule has 14 aromatic carbocycles. The highest BCUT2D eigenvalue weighted by Crippen LogP contribution is 2.51. The molecule has 2 heterocycles. The first-order valence-electron chi connectivity index (χ1n) is 27.5. The molecule has 16 rings (SSSR count). The minimum atomic E-state index is 0.823. The predicted octanol–water partition coefficient (Wildman–Crippen LogP) is 21.3. The summed E-state index contributed by atoms with van der Waals surface area (Å²) in [6, 6.07) is 102. The van der Waals surface area contributed by atoms with Gasteiger partial charge in [0, 0.05) is 23.5 Å². The molecule has 0 fully saturated rings. The second-order valence-electron chi connectivity index (χ2n) is 21.1. The van der Waals surface area contributed by atoms with E-state index >= 15 is 0 Å². The topological polar surface area (TPSA) is 25.8 Å². The number of aromatic nitrogens is 2. The van der Waals surface area contributed by atoms with Crippen molar-refractivity contribution < 1.29 is 0 Å². The zero-order valence-corrected chi connectivity index (χ0v) is 43.6. The molecule has 0 bridgehead atoms. The fraction of sp³-hybridized carbons (Fsp3) is 0. The Bertz CT molecular complexity index is 4530. The van der Waals surface area contributed by atoms with Crippen LogP contribution in [0, 0.1) is 0 Å². The van der Waals surface area contributed by atoms with Crippen LogP contribution in [0.4, 0.5) is 0 Å². The van der Waals surface area contributed by atoms with Crippen molar-refractivity contribution >= 4 is 64.6 Å². The molecule has 0 spiro atoms. The van der Waals surface area contributed by atoms with Crippen LogP contribution >= 0.6 is 0 Å². The molecule has 0 aliphatic heterocycles. The average molecular weight is 1010 g/mol. The summed E-state index contributed by atoms with van der Waals surface area (Å²) in [5.74, 6) is 0. The van der Waals surface area contributed by atoms with Crippen molar-refractivity contribution in [3.63, 3.8) is 0 Å². The van der Waals surface area contributed by atoms with Gasteiger partial charge in [0.2, 0.25) is 0 Å². The van der Waals surface area contributed by atoms with Crippen LogP contribution in [0.5, 0.6) is 0 Å². The van der Waals surface area contributed by atoms with Crippen molar-refractivity contribution in [3.8, 4) is 100 Å². The summed E-state index contributed by atoms with van der Waals surface area (Å²) >= 11 is 0. The highest BCUT2D eigenvalue weighted by molar-refractivity contribution is 6.33. The molecule has 0 atom stereocenters. The van der Waals surface area contributed by atoms with Gasteiger partial charge in [0.25, 0.3) is 0 Å². The van der Waals surface area contributed by atoms with E-state index in [1.165, 1.54) is 131 Å². The predicted molar refractivity (Wildman–Crippen MR) is 338 cm³/mol. The van der Waals surface area contributed by atoms with Crippen molar-refractivity contribution in [2.45, 2.75) is 0 Å². The average Bonchev–Trinajstić information content (AvgIpc) is 3.73. The summed E-state index contributed by atoms with van der Waals surface area (Å²) in [6.07, 6.45) is 4.08. The van der Waals surface area contributed by atoms with Crippen LogP contribution in [-0.2, 0) is 0 Å². The summed E-state index contributed by atoms with van der Waals surface area (Å²) in [7, 11) is 0. The van der Waals surface area contributed by atoms with Crippen LogP contribution in [0.1, 0.15) is 0 Å². The van der Waals surface area contributed by atoms with Gasteiger partial charge in [-0.15, -0.1) is 0 Å². The van der Waals surface area contributed by atoms with Crippen molar-refractivity contribution in [3.05, 3.63) is 291 Å². The second kappa shape index (κ2) is 18.6. The molecule has 0 N–H and O–H groups in total. The van der Waals surface area contributed by atoms with E-state index in [0.717, 1.165) is 33.6 Å². The van der Waals surface area contributed by atoms with Gasteiger partial charge in [-0.3, -0.25) is 9.97 Å². The number of rotatable bonds is 9. The molecule has 370 valence electrons. The molecule has 0 unspecified atom stereocenters. The van der Waals surface area contributed by atoms with E-state index < -0.39 is 0 Å². The number of pyridine rings is 2. The van der Waals surface area contributed by atoms with Crippen LogP contribution in [-0.4, -0.2) is 9.97 Å². The standard InChI is InChI=1S/C78H48N2/c1-7-19-49(20-8-1)65-43-67(51-23-11-3-12-24-51)59-37-39-63-71(45-69(53-27-15-5-16-28-53)61-35-33-57(65)75(59)77(61)63)55-31-41-73(79-47-55)74-42-32-56(48-80-74)72-46-70(54-29-17-6-18-30-54)62-36-34-58-66(50-21-9-2-10-22-50)44-68(52-25-13-4-14-26-52)60-38-40-64(72)78(62)76(58)60/h1-48H. The maximum absolute atomic E-state index is 5.21.